The third kappa shape index (κ3) is 3.59. The van der Waals surface area contributed by atoms with Crippen LogP contribution in [0.1, 0.15) is 25.3 Å². The number of anilines is 1. The first kappa shape index (κ1) is 15.3. The summed E-state index contributed by atoms with van der Waals surface area (Å²) in [6.45, 7) is 5.31. The molecule has 2 aliphatic rings. The minimum Gasteiger partial charge on any atom is -0.492 e. The third-order valence-corrected chi connectivity index (χ3v) is 4.65. The Morgan fingerprint density at radius 3 is 3.09 bits per heavy atom. The number of aliphatic hydroxyl groups excluding tert-OH is 1. The van der Waals surface area contributed by atoms with Crippen molar-refractivity contribution in [1.82, 2.24) is 4.90 Å². The lowest BCUT2D eigenvalue weighted by Crippen LogP contribution is -2.44. The number of ether oxygens (including phenoxy) is 1. The average Bonchev–Trinajstić information content (AvgIpc) is 2.51. The van der Waals surface area contributed by atoms with Crippen LogP contribution in [0, 0.1) is 5.92 Å². The van der Waals surface area contributed by atoms with Crippen LogP contribution < -0.4 is 10.1 Å². The molecule has 1 fully saturated rings. The summed E-state index contributed by atoms with van der Waals surface area (Å²) in [5.74, 6) is 1.33. The van der Waals surface area contributed by atoms with Crippen LogP contribution in [0.4, 0.5) is 5.69 Å². The molecule has 1 aromatic carbocycles. The summed E-state index contributed by atoms with van der Waals surface area (Å²) in [5.41, 5.74) is 2.04. The molecular weight excluding hydrogens is 280 g/mol. The molecule has 0 aliphatic carbocycles. The molecule has 0 spiro atoms. The maximum atomic E-state index is 11.3. The molecule has 0 radical (unpaired) electrons. The van der Waals surface area contributed by atoms with Crippen LogP contribution in [0.5, 0.6) is 5.75 Å². The summed E-state index contributed by atoms with van der Waals surface area (Å²) in [4.78, 5) is 13.6. The molecule has 1 saturated heterocycles. The second-order valence-corrected chi connectivity index (χ2v) is 6.35. The van der Waals surface area contributed by atoms with Crippen molar-refractivity contribution in [3.63, 3.8) is 0 Å². The Morgan fingerprint density at radius 2 is 2.27 bits per heavy atom. The van der Waals surface area contributed by atoms with E-state index in [4.69, 9.17) is 4.74 Å². The Kier molecular flexibility index (Phi) is 4.64. The maximum Gasteiger partial charge on any atom is 0.224 e. The highest BCUT2D eigenvalue weighted by Crippen LogP contribution is 2.26. The molecule has 120 valence electrons. The number of carbonyl (C=O) groups excluding carboxylic acids is 1. The fourth-order valence-corrected chi connectivity index (χ4v) is 3.06. The van der Waals surface area contributed by atoms with Crippen molar-refractivity contribution >= 4 is 11.6 Å². The molecule has 0 aromatic heterocycles. The molecule has 5 nitrogen and oxygen atoms in total. The van der Waals surface area contributed by atoms with Gasteiger partial charge in [-0.2, -0.15) is 0 Å². The predicted octanol–water partition coefficient (Wildman–Crippen LogP) is 1.65. The number of amides is 1. The molecule has 3 rings (SSSR count). The van der Waals surface area contributed by atoms with E-state index in [1.807, 2.05) is 18.2 Å². The first-order chi connectivity index (χ1) is 10.6. The van der Waals surface area contributed by atoms with Gasteiger partial charge in [0.15, 0.2) is 0 Å². The standard InChI is InChI=1S/C17H24N2O3/c1-12-6-7-19(11-16(12)20)8-9-22-14-3-4-15-13(10-14)2-5-17(21)18-15/h3-4,10,12,16,20H,2,5-9,11H2,1H3,(H,18,21). The van der Waals surface area contributed by atoms with Gasteiger partial charge >= 0.3 is 0 Å². The van der Waals surface area contributed by atoms with Crippen LogP contribution >= 0.6 is 0 Å². The Hall–Kier alpha value is -1.59. The lowest BCUT2D eigenvalue weighted by molar-refractivity contribution is -0.116. The van der Waals surface area contributed by atoms with E-state index < -0.39 is 0 Å². The fourth-order valence-electron chi connectivity index (χ4n) is 3.06. The number of β-amino-alcohol motifs (C(OH)–C–C–N with tert-alkyl or cyclic N) is 1. The molecule has 2 aliphatic heterocycles. The summed E-state index contributed by atoms with van der Waals surface area (Å²) >= 11 is 0. The molecule has 0 bridgehead atoms. The summed E-state index contributed by atoms with van der Waals surface area (Å²) in [7, 11) is 0. The first-order valence-corrected chi connectivity index (χ1v) is 8.08. The molecular formula is C17H24N2O3. The maximum absolute atomic E-state index is 11.3. The van der Waals surface area contributed by atoms with Gasteiger partial charge in [0.2, 0.25) is 5.91 Å². The number of nitrogens with one attached hydrogen (secondary N) is 1. The Balaban J connectivity index is 1.49. The number of piperidine rings is 1. The minimum absolute atomic E-state index is 0.0825. The zero-order chi connectivity index (χ0) is 15.5. The summed E-state index contributed by atoms with van der Waals surface area (Å²) in [6, 6.07) is 5.83. The Labute approximate surface area is 131 Å². The average molecular weight is 304 g/mol. The number of hydrogen-bond donors (Lipinski definition) is 2. The second kappa shape index (κ2) is 6.67. The molecule has 2 heterocycles. The van der Waals surface area contributed by atoms with Gasteiger partial charge in [0, 0.05) is 25.2 Å². The first-order valence-electron chi connectivity index (χ1n) is 8.08. The number of benzene rings is 1. The Bertz CT molecular complexity index is 547. The summed E-state index contributed by atoms with van der Waals surface area (Å²) in [6.07, 6.45) is 2.13. The lowest BCUT2D eigenvalue weighted by Gasteiger charge is -2.34. The van der Waals surface area contributed by atoms with Gasteiger partial charge in [-0.3, -0.25) is 9.69 Å². The van der Waals surface area contributed by atoms with Gasteiger partial charge in [0.25, 0.3) is 0 Å². The number of likely N-dealkylation sites (tertiary alicyclic amines) is 1. The quantitative estimate of drug-likeness (QED) is 0.888. The molecule has 2 atom stereocenters. The van der Waals surface area contributed by atoms with E-state index >= 15 is 0 Å². The molecule has 1 aromatic rings. The molecule has 2 unspecified atom stereocenters. The predicted molar refractivity (Wildman–Crippen MR) is 85.1 cm³/mol. The van der Waals surface area contributed by atoms with E-state index in [-0.39, 0.29) is 12.0 Å². The van der Waals surface area contributed by atoms with Crippen molar-refractivity contribution in [2.75, 3.05) is 31.6 Å². The molecule has 0 saturated carbocycles. The van der Waals surface area contributed by atoms with E-state index in [2.05, 4.69) is 17.1 Å². The van der Waals surface area contributed by atoms with Crippen molar-refractivity contribution in [2.24, 2.45) is 5.92 Å². The number of aliphatic hydroxyl groups is 1. The van der Waals surface area contributed by atoms with Crippen LogP contribution in [-0.2, 0) is 11.2 Å². The topological polar surface area (TPSA) is 61.8 Å². The van der Waals surface area contributed by atoms with Gasteiger partial charge in [-0.25, -0.2) is 0 Å². The SMILES string of the molecule is CC1CCN(CCOc2ccc3c(c2)CCC(=O)N3)CC1O. The van der Waals surface area contributed by atoms with Crippen LogP contribution in [0.3, 0.4) is 0 Å². The highest BCUT2D eigenvalue weighted by molar-refractivity contribution is 5.93. The van der Waals surface area contributed by atoms with Crippen molar-refractivity contribution in [3.05, 3.63) is 23.8 Å². The van der Waals surface area contributed by atoms with Crippen molar-refractivity contribution in [1.29, 1.82) is 0 Å². The van der Waals surface area contributed by atoms with Gasteiger partial charge in [-0.15, -0.1) is 0 Å². The Morgan fingerprint density at radius 1 is 1.41 bits per heavy atom. The minimum atomic E-state index is -0.221. The molecule has 2 N–H and O–H groups in total. The summed E-state index contributed by atoms with van der Waals surface area (Å²) in [5, 5.41) is 12.8. The smallest absolute Gasteiger partial charge is 0.224 e. The van der Waals surface area contributed by atoms with Gasteiger partial charge in [0.05, 0.1) is 6.10 Å². The van der Waals surface area contributed by atoms with Crippen molar-refractivity contribution in [2.45, 2.75) is 32.3 Å². The third-order valence-electron chi connectivity index (χ3n) is 4.65. The van der Waals surface area contributed by atoms with Crippen LogP contribution in [0.2, 0.25) is 0 Å². The lowest BCUT2D eigenvalue weighted by atomic mass is 9.96. The highest BCUT2D eigenvalue weighted by atomic mass is 16.5. The van der Waals surface area contributed by atoms with E-state index in [1.54, 1.807) is 0 Å². The zero-order valence-electron chi connectivity index (χ0n) is 13.0. The van der Waals surface area contributed by atoms with Crippen LogP contribution in [0.15, 0.2) is 18.2 Å². The van der Waals surface area contributed by atoms with Gasteiger partial charge in [-0.1, -0.05) is 6.92 Å². The molecule has 22 heavy (non-hydrogen) atoms. The number of fused-ring (bicyclic) bond motifs is 1. The van der Waals surface area contributed by atoms with Crippen molar-refractivity contribution in [3.8, 4) is 5.75 Å². The largest absolute Gasteiger partial charge is 0.492 e. The zero-order valence-corrected chi connectivity index (χ0v) is 13.0. The van der Waals surface area contributed by atoms with E-state index in [0.29, 0.717) is 18.9 Å². The normalized spacial score (nSPS) is 25.5. The van der Waals surface area contributed by atoms with Crippen LogP contribution in [0.25, 0.3) is 0 Å². The molecule has 1 amide bonds. The van der Waals surface area contributed by atoms with Gasteiger partial charge in [0.1, 0.15) is 12.4 Å². The number of hydrogen-bond acceptors (Lipinski definition) is 4. The molecule has 5 heteroatoms. The van der Waals surface area contributed by atoms with Crippen LogP contribution in [-0.4, -0.2) is 48.3 Å². The summed E-state index contributed by atoms with van der Waals surface area (Å²) < 4.78 is 5.83. The highest BCUT2D eigenvalue weighted by Gasteiger charge is 2.23. The van der Waals surface area contributed by atoms with Gasteiger partial charge in [-0.05, 0) is 49.1 Å². The van der Waals surface area contributed by atoms with E-state index in [0.717, 1.165) is 49.5 Å². The monoisotopic (exact) mass is 304 g/mol. The van der Waals surface area contributed by atoms with Crippen molar-refractivity contribution < 1.29 is 14.6 Å². The second-order valence-electron chi connectivity index (χ2n) is 6.35. The number of carbonyl (C=O) groups is 1. The number of aryl methyl sites for hydroxylation is 1. The number of rotatable bonds is 4. The van der Waals surface area contributed by atoms with E-state index in [9.17, 15) is 9.90 Å². The van der Waals surface area contributed by atoms with E-state index in [1.165, 1.54) is 0 Å². The number of nitrogens with zero attached hydrogens (tertiary/aromatic N) is 1. The van der Waals surface area contributed by atoms with Gasteiger partial charge < -0.3 is 15.2 Å². The fraction of sp³-hybridized carbons (Fsp3) is 0.588.